The van der Waals surface area contributed by atoms with Crippen LogP contribution in [0.3, 0.4) is 0 Å². The molecule has 1 aromatic carbocycles. The molecule has 0 aliphatic rings. The summed E-state index contributed by atoms with van der Waals surface area (Å²) < 4.78 is 10.2. The van der Waals surface area contributed by atoms with Crippen molar-refractivity contribution in [1.82, 2.24) is 5.06 Å². The van der Waals surface area contributed by atoms with E-state index >= 15 is 0 Å². The van der Waals surface area contributed by atoms with Crippen molar-refractivity contribution in [2.45, 2.75) is 0 Å². The summed E-state index contributed by atoms with van der Waals surface area (Å²) in [4.78, 5) is 16.7. The number of methoxy groups -OCH3 is 2. The Morgan fingerprint density at radius 3 is 2.00 bits per heavy atom. The molecule has 90 valence electrons. The number of benzene rings is 1. The van der Waals surface area contributed by atoms with Gasteiger partial charge in [-0.2, -0.15) is 0 Å². The predicted molar refractivity (Wildman–Crippen MR) is 64.0 cm³/mol. The molecule has 0 bridgehead atoms. The van der Waals surface area contributed by atoms with E-state index in [0.29, 0.717) is 22.5 Å². The van der Waals surface area contributed by atoms with Crippen LogP contribution in [-0.2, 0) is 4.84 Å². The molecule has 0 saturated carbocycles. The molecule has 0 spiro atoms. The molecule has 6 heteroatoms. The summed E-state index contributed by atoms with van der Waals surface area (Å²) in [6, 6.07) is 3.07. The van der Waals surface area contributed by atoms with Crippen LogP contribution in [0.15, 0.2) is 12.1 Å². The second-order valence-corrected chi connectivity index (χ2v) is 3.28. The minimum Gasteiger partial charge on any atom is -0.497 e. The van der Waals surface area contributed by atoms with E-state index in [4.69, 9.17) is 22.2 Å². The fourth-order valence-corrected chi connectivity index (χ4v) is 1.33. The van der Waals surface area contributed by atoms with Crippen molar-refractivity contribution in [3.63, 3.8) is 0 Å². The van der Waals surface area contributed by atoms with Crippen molar-refractivity contribution in [2.24, 2.45) is 0 Å². The third-order valence-corrected chi connectivity index (χ3v) is 2.35. The average molecular weight is 235 g/mol. The lowest BCUT2D eigenvalue weighted by Gasteiger charge is -2.16. The third-order valence-electron chi connectivity index (χ3n) is 2.35. The quantitative estimate of drug-likeness (QED) is 0.549. The highest BCUT2D eigenvalue weighted by Gasteiger charge is 2.16. The number of hydroxylamine groups is 2. The van der Waals surface area contributed by atoms with Gasteiger partial charge in [0.2, 0.25) is 0 Å². The van der Waals surface area contributed by atoms with Gasteiger partial charge in [0.05, 0.1) is 21.3 Å². The van der Waals surface area contributed by atoms with Crippen LogP contribution in [0.25, 0.3) is 0 Å². The molecule has 1 aromatic rings. The van der Waals surface area contributed by atoms with Crippen molar-refractivity contribution in [3.05, 3.63) is 17.7 Å². The van der Waals surface area contributed by atoms with Gasteiger partial charge in [-0.1, -0.05) is 0 Å². The van der Waals surface area contributed by atoms with E-state index in [9.17, 15) is 4.79 Å². The average Bonchev–Trinajstić information content (AvgIpc) is 2.37. The molecule has 0 aliphatic heterocycles. The molecule has 0 aliphatic carbocycles. The zero-order valence-electron chi connectivity index (χ0n) is 10.3. The Bertz CT molecular complexity index is 397. The predicted octanol–water partition coefficient (Wildman–Crippen LogP) is 0.131. The van der Waals surface area contributed by atoms with Crippen LogP contribution in [0.4, 0.5) is 0 Å². The smallest absolute Gasteiger partial charge is 0.277 e. The Morgan fingerprint density at radius 2 is 1.65 bits per heavy atom. The van der Waals surface area contributed by atoms with Gasteiger partial charge in [0, 0.05) is 12.6 Å². The minimum absolute atomic E-state index is 0.316. The van der Waals surface area contributed by atoms with E-state index in [0.717, 1.165) is 5.06 Å². The van der Waals surface area contributed by atoms with Crippen molar-refractivity contribution in [2.75, 3.05) is 28.4 Å². The summed E-state index contributed by atoms with van der Waals surface area (Å²) in [5.74, 6) is 0.457. The van der Waals surface area contributed by atoms with Gasteiger partial charge in [-0.05, 0) is 17.6 Å². The monoisotopic (exact) mass is 235 g/mol. The number of nitrogens with zero attached hydrogens (tertiary/aromatic N) is 1. The number of carbonyl (C=O) groups excluding carboxylic acids is 1. The second kappa shape index (κ2) is 5.59. The Hall–Kier alpha value is -1.69. The van der Waals surface area contributed by atoms with Gasteiger partial charge in [0.1, 0.15) is 19.3 Å². The number of hydrogen-bond acceptors (Lipinski definition) is 4. The summed E-state index contributed by atoms with van der Waals surface area (Å²) in [6.45, 7) is 0. The van der Waals surface area contributed by atoms with Gasteiger partial charge in [0.15, 0.2) is 0 Å². The highest BCUT2D eigenvalue weighted by molar-refractivity contribution is 6.36. The first kappa shape index (κ1) is 13.4. The molecule has 0 fully saturated rings. The third kappa shape index (κ3) is 2.71. The van der Waals surface area contributed by atoms with Crippen molar-refractivity contribution in [3.8, 4) is 11.5 Å². The lowest BCUT2D eigenvalue weighted by atomic mass is 9.92. The molecule has 5 nitrogen and oxygen atoms in total. The SMILES string of the molecule is [B]c1c(OC)cc(C(=O)N(C)OC)cc1OC. The summed E-state index contributed by atoms with van der Waals surface area (Å²) in [7, 11) is 11.6. The summed E-state index contributed by atoms with van der Waals surface area (Å²) in [5, 5.41) is 1.10. The largest absolute Gasteiger partial charge is 0.497 e. The highest BCUT2D eigenvalue weighted by Crippen LogP contribution is 2.19. The standard InChI is InChI=1S/C11H14BNO4/c1-13(17-4)11(14)7-5-8(15-2)10(12)9(6-7)16-3/h5-6H,1-4H3. The van der Waals surface area contributed by atoms with E-state index in [1.807, 2.05) is 0 Å². The first-order valence-corrected chi connectivity index (χ1v) is 4.88. The second-order valence-electron chi connectivity index (χ2n) is 3.28. The molecule has 0 saturated heterocycles. The molecule has 2 radical (unpaired) electrons. The molecule has 1 amide bonds. The molecule has 0 atom stereocenters. The van der Waals surface area contributed by atoms with E-state index < -0.39 is 0 Å². The van der Waals surface area contributed by atoms with Gasteiger partial charge in [-0.15, -0.1) is 0 Å². The Morgan fingerprint density at radius 1 is 1.18 bits per heavy atom. The van der Waals surface area contributed by atoms with Gasteiger partial charge < -0.3 is 9.47 Å². The molecule has 17 heavy (non-hydrogen) atoms. The summed E-state index contributed by atoms with van der Waals surface area (Å²) in [6.07, 6.45) is 0. The Kier molecular flexibility index (Phi) is 4.40. The molecule has 0 unspecified atom stereocenters. The van der Waals surface area contributed by atoms with E-state index in [1.54, 1.807) is 0 Å². The fraction of sp³-hybridized carbons (Fsp3) is 0.364. The lowest BCUT2D eigenvalue weighted by Crippen LogP contribution is -2.26. The first-order chi connectivity index (χ1) is 8.04. The van der Waals surface area contributed by atoms with Crippen molar-refractivity contribution in [1.29, 1.82) is 0 Å². The van der Waals surface area contributed by atoms with Crippen LogP contribution < -0.4 is 14.9 Å². The zero-order valence-corrected chi connectivity index (χ0v) is 10.3. The van der Waals surface area contributed by atoms with Gasteiger partial charge >= 0.3 is 0 Å². The van der Waals surface area contributed by atoms with Crippen LogP contribution in [-0.4, -0.2) is 47.2 Å². The van der Waals surface area contributed by atoms with Crippen LogP contribution in [0.1, 0.15) is 10.4 Å². The molecule has 0 N–H and O–H groups in total. The van der Waals surface area contributed by atoms with Gasteiger partial charge in [0.25, 0.3) is 5.91 Å². The Labute approximate surface area is 102 Å². The number of ether oxygens (including phenoxy) is 2. The van der Waals surface area contributed by atoms with Gasteiger partial charge in [-0.25, -0.2) is 5.06 Å². The lowest BCUT2D eigenvalue weighted by molar-refractivity contribution is -0.0757. The van der Waals surface area contributed by atoms with Crippen LogP contribution >= 0.6 is 0 Å². The fourth-order valence-electron chi connectivity index (χ4n) is 1.33. The van der Waals surface area contributed by atoms with Crippen LogP contribution in [0, 0.1) is 0 Å². The van der Waals surface area contributed by atoms with Crippen LogP contribution in [0.2, 0.25) is 0 Å². The summed E-state index contributed by atoms with van der Waals surface area (Å²) >= 11 is 0. The first-order valence-electron chi connectivity index (χ1n) is 4.88. The number of amides is 1. The molecule has 0 heterocycles. The number of rotatable bonds is 4. The zero-order chi connectivity index (χ0) is 13.0. The van der Waals surface area contributed by atoms with Crippen molar-refractivity contribution < 1.29 is 19.1 Å². The topological polar surface area (TPSA) is 48.0 Å². The van der Waals surface area contributed by atoms with E-state index in [1.165, 1.54) is 40.5 Å². The highest BCUT2D eigenvalue weighted by atomic mass is 16.7. The van der Waals surface area contributed by atoms with Crippen LogP contribution in [0.5, 0.6) is 11.5 Å². The normalized spacial score (nSPS) is 9.88. The maximum atomic E-state index is 11.9. The minimum atomic E-state index is -0.316. The maximum absolute atomic E-state index is 11.9. The number of carbonyl (C=O) groups is 1. The molecular formula is C11H14BNO4. The molecule has 0 aromatic heterocycles. The van der Waals surface area contributed by atoms with E-state index in [2.05, 4.69) is 0 Å². The van der Waals surface area contributed by atoms with Crippen molar-refractivity contribution >= 4 is 19.2 Å². The molecular weight excluding hydrogens is 221 g/mol. The molecule has 1 rings (SSSR count). The Balaban J connectivity index is 3.22. The number of hydrogen-bond donors (Lipinski definition) is 0. The summed E-state index contributed by atoms with van der Waals surface area (Å²) in [5.41, 5.74) is 0.726. The van der Waals surface area contributed by atoms with Gasteiger partial charge in [-0.3, -0.25) is 9.63 Å². The van der Waals surface area contributed by atoms with E-state index in [-0.39, 0.29) is 5.91 Å². The maximum Gasteiger partial charge on any atom is 0.277 e.